The van der Waals surface area contributed by atoms with Crippen molar-refractivity contribution in [2.45, 2.75) is 45.1 Å². The Labute approximate surface area is 108 Å². The summed E-state index contributed by atoms with van der Waals surface area (Å²) in [6.45, 7) is 7.10. The molecule has 0 saturated heterocycles. The van der Waals surface area contributed by atoms with Crippen LogP contribution in [0.25, 0.3) is 11.0 Å². The molecule has 0 radical (unpaired) electrons. The molecule has 3 rings (SSSR count). The zero-order chi connectivity index (χ0) is 12.9. The van der Waals surface area contributed by atoms with Crippen LogP contribution in [0.15, 0.2) is 18.2 Å². The highest BCUT2D eigenvalue weighted by Crippen LogP contribution is 2.41. The summed E-state index contributed by atoms with van der Waals surface area (Å²) in [5.74, 6) is 1.15. The first-order valence-corrected chi connectivity index (χ1v) is 6.72. The third-order valence-corrected chi connectivity index (χ3v) is 3.87. The van der Waals surface area contributed by atoms with Crippen molar-refractivity contribution in [3.8, 4) is 0 Å². The lowest BCUT2D eigenvalue weighted by Crippen LogP contribution is -2.31. The minimum absolute atomic E-state index is 0.0600. The number of imidazole rings is 1. The summed E-state index contributed by atoms with van der Waals surface area (Å²) in [4.78, 5) is 4.86. The van der Waals surface area contributed by atoms with Gasteiger partial charge in [-0.1, -0.05) is 19.9 Å². The monoisotopic (exact) mass is 243 g/mol. The van der Waals surface area contributed by atoms with E-state index in [1.54, 1.807) is 0 Å². The summed E-state index contributed by atoms with van der Waals surface area (Å²) in [5.41, 5.74) is 9.50. The van der Waals surface area contributed by atoms with E-state index < -0.39 is 0 Å². The van der Waals surface area contributed by atoms with Gasteiger partial charge in [0.15, 0.2) is 0 Å². The second kappa shape index (κ2) is 3.82. The molecule has 3 nitrogen and oxygen atoms in total. The SMILES string of the molecule is Cc1ccc2c(c1)nc(C(C)(C)CN)n2C1CC1. The Morgan fingerprint density at radius 3 is 2.72 bits per heavy atom. The minimum Gasteiger partial charge on any atom is -0.329 e. The number of benzene rings is 1. The van der Waals surface area contributed by atoms with Gasteiger partial charge < -0.3 is 10.3 Å². The van der Waals surface area contributed by atoms with Crippen molar-refractivity contribution in [2.24, 2.45) is 5.73 Å². The smallest absolute Gasteiger partial charge is 0.117 e. The second-order valence-electron chi connectivity index (χ2n) is 6.12. The Balaban J connectivity index is 2.27. The van der Waals surface area contributed by atoms with Crippen LogP contribution in [0.2, 0.25) is 0 Å². The molecule has 2 N–H and O–H groups in total. The number of nitrogens with zero attached hydrogens (tertiary/aromatic N) is 2. The first kappa shape index (κ1) is 11.7. The number of hydrogen-bond donors (Lipinski definition) is 1. The lowest BCUT2D eigenvalue weighted by Gasteiger charge is -2.23. The standard InChI is InChI=1S/C15H21N3/c1-10-4-7-13-12(8-10)17-14(15(2,3)9-16)18(13)11-5-6-11/h4,7-8,11H,5-6,9,16H2,1-3H3. The molecule has 0 atom stereocenters. The maximum Gasteiger partial charge on any atom is 0.117 e. The van der Waals surface area contributed by atoms with Crippen molar-refractivity contribution in [1.29, 1.82) is 0 Å². The molecule has 1 aromatic heterocycles. The van der Waals surface area contributed by atoms with Crippen LogP contribution in [0.5, 0.6) is 0 Å². The highest BCUT2D eigenvalue weighted by atomic mass is 15.1. The van der Waals surface area contributed by atoms with E-state index in [9.17, 15) is 0 Å². The van der Waals surface area contributed by atoms with E-state index in [1.165, 1.54) is 23.9 Å². The number of aromatic nitrogens is 2. The van der Waals surface area contributed by atoms with Crippen LogP contribution < -0.4 is 5.73 Å². The summed E-state index contributed by atoms with van der Waals surface area (Å²) in [7, 11) is 0. The lowest BCUT2D eigenvalue weighted by atomic mass is 9.92. The molecule has 18 heavy (non-hydrogen) atoms. The van der Waals surface area contributed by atoms with E-state index in [1.807, 2.05) is 0 Å². The fraction of sp³-hybridized carbons (Fsp3) is 0.533. The van der Waals surface area contributed by atoms with Gasteiger partial charge in [-0.3, -0.25) is 0 Å². The Morgan fingerprint density at radius 2 is 2.11 bits per heavy atom. The van der Waals surface area contributed by atoms with Crippen LogP contribution in [-0.4, -0.2) is 16.1 Å². The molecule has 1 fully saturated rings. The third kappa shape index (κ3) is 1.74. The quantitative estimate of drug-likeness (QED) is 0.900. The first-order valence-electron chi connectivity index (χ1n) is 6.72. The molecular weight excluding hydrogens is 222 g/mol. The van der Waals surface area contributed by atoms with Crippen molar-refractivity contribution in [1.82, 2.24) is 9.55 Å². The van der Waals surface area contributed by atoms with E-state index in [0.29, 0.717) is 12.6 Å². The van der Waals surface area contributed by atoms with E-state index in [0.717, 1.165) is 11.3 Å². The van der Waals surface area contributed by atoms with Crippen molar-refractivity contribution in [2.75, 3.05) is 6.54 Å². The Morgan fingerprint density at radius 1 is 1.39 bits per heavy atom. The molecule has 1 aromatic carbocycles. The predicted octanol–water partition coefficient (Wildman–Crippen LogP) is 2.92. The topological polar surface area (TPSA) is 43.8 Å². The van der Waals surface area contributed by atoms with E-state index >= 15 is 0 Å². The van der Waals surface area contributed by atoms with Gasteiger partial charge in [0.1, 0.15) is 5.82 Å². The average Bonchev–Trinajstić information content (AvgIpc) is 3.09. The Bertz CT molecular complexity index is 591. The van der Waals surface area contributed by atoms with Crippen molar-refractivity contribution in [3.63, 3.8) is 0 Å². The molecule has 2 aromatic rings. The summed E-state index contributed by atoms with van der Waals surface area (Å²) < 4.78 is 2.42. The van der Waals surface area contributed by atoms with E-state index in [2.05, 4.69) is 43.5 Å². The normalized spacial score (nSPS) is 16.4. The zero-order valence-corrected chi connectivity index (χ0v) is 11.4. The number of hydrogen-bond acceptors (Lipinski definition) is 2. The van der Waals surface area contributed by atoms with Crippen LogP contribution in [-0.2, 0) is 5.41 Å². The summed E-state index contributed by atoms with van der Waals surface area (Å²) >= 11 is 0. The van der Waals surface area contributed by atoms with Gasteiger partial charge in [-0.05, 0) is 37.5 Å². The Hall–Kier alpha value is -1.35. The summed E-state index contributed by atoms with van der Waals surface area (Å²) in [6, 6.07) is 7.18. The number of aryl methyl sites for hydroxylation is 1. The van der Waals surface area contributed by atoms with Gasteiger partial charge in [0, 0.05) is 18.0 Å². The number of rotatable bonds is 3. The number of nitrogens with two attached hydrogens (primary N) is 1. The molecule has 1 heterocycles. The van der Waals surface area contributed by atoms with Crippen molar-refractivity contribution >= 4 is 11.0 Å². The molecule has 1 saturated carbocycles. The first-order chi connectivity index (χ1) is 8.53. The lowest BCUT2D eigenvalue weighted by molar-refractivity contribution is 0.473. The summed E-state index contributed by atoms with van der Waals surface area (Å²) in [6.07, 6.45) is 2.54. The van der Waals surface area contributed by atoms with Crippen LogP contribution >= 0.6 is 0 Å². The fourth-order valence-corrected chi connectivity index (χ4v) is 2.48. The maximum absolute atomic E-state index is 5.93. The molecule has 0 amide bonds. The van der Waals surface area contributed by atoms with Gasteiger partial charge in [0.25, 0.3) is 0 Å². The average molecular weight is 243 g/mol. The third-order valence-electron chi connectivity index (χ3n) is 3.87. The van der Waals surface area contributed by atoms with Gasteiger partial charge >= 0.3 is 0 Å². The van der Waals surface area contributed by atoms with Gasteiger partial charge in [-0.25, -0.2) is 4.98 Å². The number of fused-ring (bicyclic) bond motifs is 1. The van der Waals surface area contributed by atoms with Gasteiger partial charge in [0.2, 0.25) is 0 Å². The second-order valence-corrected chi connectivity index (χ2v) is 6.12. The molecule has 0 bridgehead atoms. The minimum atomic E-state index is -0.0600. The molecule has 3 heteroatoms. The van der Waals surface area contributed by atoms with Crippen molar-refractivity contribution < 1.29 is 0 Å². The maximum atomic E-state index is 5.93. The summed E-state index contributed by atoms with van der Waals surface area (Å²) in [5, 5.41) is 0. The van der Waals surface area contributed by atoms with Crippen LogP contribution in [0.1, 0.15) is 44.1 Å². The highest BCUT2D eigenvalue weighted by Gasteiger charge is 2.33. The fourth-order valence-electron chi connectivity index (χ4n) is 2.48. The zero-order valence-electron chi connectivity index (χ0n) is 11.4. The Kier molecular flexibility index (Phi) is 2.49. The molecule has 1 aliphatic carbocycles. The molecule has 0 unspecified atom stereocenters. The van der Waals surface area contributed by atoms with Crippen LogP contribution in [0.3, 0.4) is 0 Å². The molecule has 1 aliphatic rings. The van der Waals surface area contributed by atoms with E-state index in [-0.39, 0.29) is 5.41 Å². The van der Waals surface area contributed by atoms with Gasteiger partial charge in [-0.2, -0.15) is 0 Å². The largest absolute Gasteiger partial charge is 0.329 e. The van der Waals surface area contributed by atoms with Gasteiger partial charge in [0.05, 0.1) is 11.0 Å². The van der Waals surface area contributed by atoms with Gasteiger partial charge in [-0.15, -0.1) is 0 Å². The predicted molar refractivity (Wildman–Crippen MR) is 74.8 cm³/mol. The molecule has 96 valence electrons. The van der Waals surface area contributed by atoms with Crippen LogP contribution in [0.4, 0.5) is 0 Å². The van der Waals surface area contributed by atoms with Crippen molar-refractivity contribution in [3.05, 3.63) is 29.6 Å². The molecule has 0 spiro atoms. The molecular formula is C15H21N3. The highest BCUT2D eigenvalue weighted by molar-refractivity contribution is 5.77. The van der Waals surface area contributed by atoms with E-state index in [4.69, 9.17) is 10.7 Å². The molecule has 0 aliphatic heterocycles. The van der Waals surface area contributed by atoms with Crippen LogP contribution in [0, 0.1) is 6.92 Å².